The van der Waals surface area contributed by atoms with Crippen molar-refractivity contribution in [2.24, 2.45) is 0 Å². The summed E-state index contributed by atoms with van der Waals surface area (Å²) in [6.45, 7) is 32.7. The number of aliphatic hydroxyl groups is 2. The molecule has 1 aromatic rings. The zero-order valence-electron chi connectivity index (χ0n) is 27.4. The Kier molecular flexibility index (Phi) is 10.2. The Bertz CT molecular complexity index is 946. The van der Waals surface area contributed by atoms with E-state index in [-0.39, 0.29) is 21.7 Å². The van der Waals surface area contributed by atoms with Gasteiger partial charge in [-0.1, -0.05) is 92.6 Å². The van der Waals surface area contributed by atoms with Crippen molar-refractivity contribution < 1.29 is 28.2 Å². The first-order valence-electron chi connectivity index (χ1n) is 14.4. The van der Waals surface area contributed by atoms with Gasteiger partial charge in [-0.15, -0.1) is 0 Å². The van der Waals surface area contributed by atoms with Gasteiger partial charge in [-0.3, -0.25) is 0 Å². The quantitative estimate of drug-likeness (QED) is 0.304. The maximum atomic E-state index is 12.5. The summed E-state index contributed by atoms with van der Waals surface area (Å²) in [5.74, 6) is -1.83. The lowest BCUT2D eigenvalue weighted by molar-refractivity contribution is -0.350. The molecule has 39 heavy (non-hydrogen) atoms. The van der Waals surface area contributed by atoms with E-state index in [1.54, 1.807) is 0 Å². The molecule has 2 N–H and O–H groups in total. The van der Waals surface area contributed by atoms with Crippen LogP contribution in [0.25, 0.3) is 0 Å². The predicted molar refractivity (Wildman–Crippen MR) is 169 cm³/mol. The van der Waals surface area contributed by atoms with Crippen LogP contribution >= 0.6 is 0 Å². The highest BCUT2D eigenvalue weighted by molar-refractivity contribution is 6.75. The van der Waals surface area contributed by atoms with E-state index >= 15 is 0 Å². The van der Waals surface area contributed by atoms with Crippen LogP contribution in [0.2, 0.25) is 54.4 Å². The van der Waals surface area contributed by atoms with Gasteiger partial charge in [0.1, 0.15) is 24.4 Å². The minimum atomic E-state index is -2.45. The molecule has 0 amide bonds. The number of ether oxygens (including phenoxy) is 1. The Hall–Kier alpha value is -0.369. The van der Waals surface area contributed by atoms with E-state index in [9.17, 15) is 10.2 Å². The van der Waals surface area contributed by atoms with Crippen molar-refractivity contribution in [3.05, 3.63) is 35.9 Å². The molecule has 0 spiro atoms. The summed E-state index contributed by atoms with van der Waals surface area (Å²) in [5, 5.41) is 22.9. The highest BCUT2D eigenvalue weighted by Gasteiger charge is 2.61. The topological polar surface area (TPSA) is 77.4 Å². The molecule has 1 fully saturated rings. The average molecular weight is 599 g/mol. The minimum absolute atomic E-state index is 0.0719. The van der Waals surface area contributed by atoms with E-state index < -0.39 is 55.2 Å². The highest BCUT2D eigenvalue weighted by Crippen LogP contribution is 2.49. The van der Waals surface area contributed by atoms with Crippen LogP contribution in [-0.4, -0.2) is 66.2 Å². The Balaban J connectivity index is 2.85. The van der Waals surface area contributed by atoms with Crippen LogP contribution in [-0.2, 0) is 23.8 Å². The van der Waals surface area contributed by atoms with E-state index in [4.69, 9.17) is 18.0 Å². The Morgan fingerprint density at radius 3 is 1.46 bits per heavy atom. The number of benzene rings is 1. The van der Waals surface area contributed by atoms with Crippen molar-refractivity contribution in [2.45, 2.75) is 147 Å². The average Bonchev–Trinajstić information content (AvgIpc) is 2.76. The van der Waals surface area contributed by atoms with Gasteiger partial charge in [0.25, 0.3) is 0 Å². The zero-order valence-corrected chi connectivity index (χ0v) is 30.4. The monoisotopic (exact) mass is 598 g/mol. The van der Waals surface area contributed by atoms with Crippen molar-refractivity contribution in [3.63, 3.8) is 0 Å². The zero-order chi connectivity index (χ0) is 30.5. The smallest absolute Gasteiger partial charge is 0.221 e. The SMILES string of the molecule is CC(C)(C)[Si](C)(C)O[C@H]1[C@H](O[Si](C)(C)C(C)(C)C)[C@@H](CO)O[C@](O)(c2ccccc2)[C@@H]1O[Si](C)(C)C(C)(C)C. The van der Waals surface area contributed by atoms with Gasteiger partial charge in [-0.05, 0) is 54.4 Å². The molecule has 1 aliphatic heterocycles. The third-order valence-electron chi connectivity index (χ3n) is 9.77. The molecule has 0 unspecified atom stereocenters. The van der Waals surface area contributed by atoms with Crippen molar-refractivity contribution in [1.82, 2.24) is 0 Å². The Labute approximate surface area is 242 Å². The van der Waals surface area contributed by atoms with E-state index in [1.165, 1.54) is 0 Å². The van der Waals surface area contributed by atoms with Crippen LogP contribution in [0, 0.1) is 0 Å². The fourth-order valence-corrected chi connectivity index (χ4v) is 7.86. The fraction of sp³-hybridized carbons (Fsp3) is 0.800. The summed E-state index contributed by atoms with van der Waals surface area (Å²) in [4.78, 5) is 0. The van der Waals surface area contributed by atoms with E-state index in [0.717, 1.165) is 0 Å². The van der Waals surface area contributed by atoms with Crippen LogP contribution in [0.3, 0.4) is 0 Å². The summed E-state index contributed by atoms with van der Waals surface area (Å²) in [7, 11) is -7.19. The van der Waals surface area contributed by atoms with Crippen molar-refractivity contribution in [2.75, 3.05) is 6.61 Å². The van der Waals surface area contributed by atoms with Crippen LogP contribution < -0.4 is 0 Å². The first-order chi connectivity index (χ1) is 17.3. The molecule has 0 saturated carbocycles. The lowest BCUT2D eigenvalue weighted by Crippen LogP contribution is -2.71. The van der Waals surface area contributed by atoms with Crippen LogP contribution in [0.15, 0.2) is 30.3 Å². The molecule has 0 aliphatic carbocycles. The lowest BCUT2D eigenvalue weighted by atomic mass is 9.88. The molecule has 226 valence electrons. The third-order valence-corrected chi connectivity index (χ3v) is 23.2. The molecular formula is C30H58O6Si3. The normalized spacial score (nSPS) is 28.0. The maximum Gasteiger partial charge on any atom is 0.221 e. The van der Waals surface area contributed by atoms with Gasteiger partial charge >= 0.3 is 0 Å². The molecule has 1 heterocycles. The van der Waals surface area contributed by atoms with Crippen LogP contribution in [0.4, 0.5) is 0 Å². The van der Waals surface area contributed by atoms with E-state index in [1.807, 2.05) is 30.3 Å². The number of hydrogen-bond acceptors (Lipinski definition) is 6. The largest absolute Gasteiger partial charge is 0.408 e. The van der Waals surface area contributed by atoms with Crippen LogP contribution in [0.1, 0.15) is 67.9 Å². The Morgan fingerprint density at radius 2 is 1.08 bits per heavy atom. The molecule has 0 aromatic heterocycles. The first kappa shape index (κ1) is 34.8. The van der Waals surface area contributed by atoms with Crippen molar-refractivity contribution in [3.8, 4) is 0 Å². The molecule has 0 bridgehead atoms. The molecular weight excluding hydrogens is 541 g/mol. The standard InChI is InChI=1S/C30H58O6Si3/c1-27(2,3)37(10,11)34-24-23(21-31)33-30(32,22-19-17-16-18-20-22)26(36-39(14,15)29(7,8)9)25(24)35-38(12,13)28(4,5)6/h16-20,23-26,31-32H,21H2,1-15H3/t23-,24-,25+,26-,30-/m1/s1. The van der Waals surface area contributed by atoms with Crippen molar-refractivity contribution in [1.29, 1.82) is 0 Å². The molecule has 1 saturated heterocycles. The van der Waals surface area contributed by atoms with Gasteiger partial charge in [0.2, 0.25) is 5.79 Å². The third kappa shape index (κ3) is 7.35. The van der Waals surface area contributed by atoms with E-state index in [2.05, 4.69) is 102 Å². The van der Waals surface area contributed by atoms with Gasteiger partial charge in [-0.25, -0.2) is 0 Å². The Morgan fingerprint density at radius 1 is 0.692 bits per heavy atom. The van der Waals surface area contributed by atoms with Gasteiger partial charge in [0.15, 0.2) is 25.0 Å². The summed E-state index contributed by atoms with van der Waals surface area (Å²) in [5.41, 5.74) is 0.585. The highest BCUT2D eigenvalue weighted by atomic mass is 28.4. The molecule has 2 rings (SSSR count). The first-order valence-corrected chi connectivity index (χ1v) is 23.1. The molecule has 1 aromatic carbocycles. The van der Waals surface area contributed by atoms with Gasteiger partial charge < -0.3 is 28.2 Å². The second-order valence-corrected chi connectivity index (χ2v) is 30.2. The minimum Gasteiger partial charge on any atom is -0.408 e. The number of rotatable bonds is 8. The van der Waals surface area contributed by atoms with E-state index in [0.29, 0.717) is 5.56 Å². The molecule has 5 atom stereocenters. The number of aliphatic hydroxyl groups excluding tert-OH is 1. The van der Waals surface area contributed by atoms with Crippen molar-refractivity contribution >= 4 is 25.0 Å². The molecule has 6 nitrogen and oxygen atoms in total. The summed E-state index contributed by atoms with van der Waals surface area (Å²) < 4.78 is 27.9. The lowest BCUT2D eigenvalue weighted by Gasteiger charge is -2.57. The second-order valence-electron chi connectivity index (χ2n) is 15.9. The van der Waals surface area contributed by atoms with Crippen LogP contribution in [0.5, 0.6) is 0 Å². The summed E-state index contributed by atoms with van der Waals surface area (Å²) >= 11 is 0. The molecule has 1 aliphatic rings. The maximum absolute atomic E-state index is 12.5. The number of hydrogen-bond donors (Lipinski definition) is 2. The van der Waals surface area contributed by atoms with Gasteiger partial charge in [-0.2, -0.15) is 0 Å². The second kappa shape index (κ2) is 11.4. The summed E-state index contributed by atoms with van der Waals surface area (Å²) in [6, 6.07) is 9.39. The molecule has 9 heteroatoms. The summed E-state index contributed by atoms with van der Waals surface area (Å²) in [6.07, 6.45) is -2.90. The molecule has 0 radical (unpaired) electrons. The van der Waals surface area contributed by atoms with Gasteiger partial charge in [0.05, 0.1) is 6.61 Å². The predicted octanol–water partition coefficient (Wildman–Crippen LogP) is 7.39. The van der Waals surface area contributed by atoms with Gasteiger partial charge in [0, 0.05) is 5.56 Å². The fourth-order valence-electron chi connectivity index (χ4n) is 3.97.